The van der Waals surface area contributed by atoms with Gasteiger partial charge in [0.05, 0.1) is 24.0 Å². The molecule has 1 N–H and O–H groups in total. The molecule has 2 aromatic heterocycles. The second-order valence-corrected chi connectivity index (χ2v) is 6.68. The Labute approximate surface area is 163 Å². The molecule has 0 unspecified atom stereocenters. The highest BCUT2D eigenvalue weighted by Crippen LogP contribution is 2.38. The molecule has 0 atom stereocenters. The number of Topliss-reactive ketones (excluding diaryl/α,β-unsaturated/α-hetero) is 1. The number of rotatable bonds is 4. The summed E-state index contributed by atoms with van der Waals surface area (Å²) in [5, 5.41) is 0.280. The molecule has 0 spiro atoms. The number of aromatic amines is 1. The number of hydrogen-bond donors (Lipinski definition) is 1. The fourth-order valence-electron chi connectivity index (χ4n) is 3.34. The van der Waals surface area contributed by atoms with Crippen molar-refractivity contribution in [1.29, 1.82) is 0 Å². The lowest BCUT2D eigenvalue weighted by atomic mass is 9.96. The van der Waals surface area contributed by atoms with Gasteiger partial charge in [-0.25, -0.2) is 19.0 Å². The maximum atomic E-state index is 14.0. The number of aromatic nitrogens is 3. The van der Waals surface area contributed by atoms with E-state index in [0.29, 0.717) is 16.9 Å². The van der Waals surface area contributed by atoms with Gasteiger partial charge in [-0.05, 0) is 25.1 Å². The molecule has 0 amide bonds. The van der Waals surface area contributed by atoms with Gasteiger partial charge in [0.25, 0.3) is 0 Å². The van der Waals surface area contributed by atoms with Gasteiger partial charge in [0.15, 0.2) is 0 Å². The highest BCUT2D eigenvalue weighted by Gasteiger charge is 2.50. The van der Waals surface area contributed by atoms with Crippen LogP contribution < -0.4 is 0 Å². The van der Waals surface area contributed by atoms with E-state index in [9.17, 15) is 18.8 Å². The van der Waals surface area contributed by atoms with E-state index in [-0.39, 0.29) is 17.4 Å². The van der Waals surface area contributed by atoms with E-state index in [2.05, 4.69) is 9.97 Å². The molecule has 0 saturated carbocycles. The van der Waals surface area contributed by atoms with Crippen molar-refractivity contribution in [3.05, 3.63) is 65.6 Å². The summed E-state index contributed by atoms with van der Waals surface area (Å²) in [5.41, 5.74) is 1.67. The number of nitrogens with zero attached hydrogens (tertiary/aromatic N) is 2. The highest BCUT2D eigenvalue weighted by atomic mass is 19.1. The molecule has 0 radical (unpaired) electrons. The predicted octanol–water partition coefficient (Wildman–Crippen LogP) is 1.97. The van der Waals surface area contributed by atoms with Gasteiger partial charge in [-0.3, -0.25) is 4.79 Å². The summed E-state index contributed by atoms with van der Waals surface area (Å²) in [7, 11) is 1.68. The largest absolute Gasteiger partial charge is 0.407 e. The van der Waals surface area contributed by atoms with E-state index >= 15 is 0 Å². The van der Waals surface area contributed by atoms with E-state index < -0.39 is 29.3 Å². The molecule has 0 fully saturated rings. The van der Waals surface area contributed by atoms with Crippen LogP contribution in [0.1, 0.15) is 17.0 Å². The standard InChI is InChI=1S/C20H16FN3O5/c1-11-15(23-10-22-11)8-17(25)20(28-18(26)5-6-19(27)29-20)14-9-24(2)16-4-3-12(21)7-13(14)16/h3-7,9-10H,8H2,1-2H3,(H,22,23). The number of carbonyl (C=O) groups is 3. The maximum Gasteiger partial charge on any atom is 0.346 e. The molecular formula is C20H16FN3O5. The third-order valence-corrected chi connectivity index (χ3v) is 4.78. The predicted molar refractivity (Wildman–Crippen MR) is 97.9 cm³/mol. The van der Waals surface area contributed by atoms with Crippen LogP contribution in [0.2, 0.25) is 0 Å². The quantitative estimate of drug-likeness (QED) is 0.675. The van der Waals surface area contributed by atoms with Gasteiger partial charge in [0.2, 0.25) is 5.78 Å². The first-order valence-corrected chi connectivity index (χ1v) is 8.71. The molecule has 3 heterocycles. The van der Waals surface area contributed by atoms with Gasteiger partial charge in [0, 0.05) is 42.0 Å². The summed E-state index contributed by atoms with van der Waals surface area (Å²) in [4.78, 5) is 44.7. The Kier molecular flexibility index (Phi) is 4.30. The minimum Gasteiger partial charge on any atom is -0.407 e. The van der Waals surface area contributed by atoms with Crippen LogP contribution in [0, 0.1) is 12.7 Å². The van der Waals surface area contributed by atoms with Crippen molar-refractivity contribution in [3.63, 3.8) is 0 Å². The lowest BCUT2D eigenvalue weighted by molar-refractivity contribution is -0.222. The zero-order valence-corrected chi connectivity index (χ0v) is 15.6. The number of hydrogen-bond acceptors (Lipinski definition) is 6. The number of nitrogens with one attached hydrogen (secondary N) is 1. The van der Waals surface area contributed by atoms with Crippen LogP contribution in [0.4, 0.5) is 4.39 Å². The van der Waals surface area contributed by atoms with Crippen LogP contribution in [0.5, 0.6) is 0 Å². The SMILES string of the molecule is Cc1[nH]cnc1CC(=O)C1(c2cn(C)c3ccc(F)cc23)OC(=O)C=CC(=O)O1. The number of ketones is 1. The number of halogens is 1. The number of ether oxygens (including phenoxy) is 2. The van der Waals surface area contributed by atoms with Gasteiger partial charge in [-0.2, -0.15) is 0 Å². The number of esters is 2. The smallest absolute Gasteiger partial charge is 0.346 e. The summed E-state index contributed by atoms with van der Waals surface area (Å²) in [5.74, 6) is -5.53. The Morgan fingerprint density at radius 3 is 2.55 bits per heavy atom. The number of fused-ring (bicyclic) bond motifs is 1. The van der Waals surface area contributed by atoms with Gasteiger partial charge < -0.3 is 19.0 Å². The van der Waals surface area contributed by atoms with E-state index in [1.165, 1.54) is 30.7 Å². The van der Waals surface area contributed by atoms with E-state index in [1.807, 2.05) is 0 Å². The molecule has 148 valence electrons. The van der Waals surface area contributed by atoms with E-state index in [4.69, 9.17) is 9.47 Å². The average molecular weight is 397 g/mol. The van der Waals surface area contributed by atoms with Crippen LogP contribution in [0.3, 0.4) is 0 Å². The third kappa shape index (κ3) is 3.10. The zero-order valence-electron chi connectivity index (χ0n) is 15.6. The number of benzene rings is 1. The van der Waals surface area contributed by atoms with Crippen molar-refractivity contribution in [2.75, 3.05) is 0 Å². The lowest BCUT2D eigenvalue weighted by Gasteiger charge is -2.29. The van der Waals surface area contributed by atoms with Gasteiger partial charge in [-0.15, -0.1) is 0 Å². The minimum absolute atomic E-state index is 0.0538. The number of carbonyl (C=O) groups excluding carboxylic acids is 3. The molecule has 8 nitrogen and oxygen atoms in total. The van der Waals surface area contributed by atoms with Crippen LogP contribution in [0.15, 0.2) is 42.9 Å². The van der Waals surface area contributed by atoms with Crippen LogP contribution in [0.25, 0.3) is 10.9 Å². The Balaban J connectivity index is 1.93. The summed E-state index contributed by atoms with van der Waals surface area (Å²) in [6, 6.07) is 3.97. The zero-order chi connectivity index (χ0) is 20.8. The molecule has 0 bridgehead atoms. The van der Waals surface area contributed by atoms with Gasteiger partial charge in [-0.1, -0.05) is 0 Å². The third-order valence-electron chi connectivity index (χ3n) is 4.78. The van der Waals surface area contributed by atoms with E-state index in [0.717, 1.165) is 12.2 Å². The van der Waals surface area contributed by atoms with E-state index in [1.54, 1.807) is 18.5 Å². The minimum atomic E-state index is -2.38. The Bertz CT molecular complexity index is 1170. The van der Waals surface area contributed by atoms with Crippen LogP contribution in [-0.2, 0) is 43.1 Å². The van der Waals surface area contributed by atoms with Crippen molar-refractivity contribution >= 4 is 28.6 Å². The first-order valence-electron chi connectivity index (χ1n) is 8.71. The molecule has 9 heteroatoms. The summed E-state index contributed by atoms with van der Waals surface area (Å²) in [6.07, 6.45) is 4.38. The number of H-pyrrole nitrogens is 1. The van der Waals surface area contributed by atoms with Crippen LogP contribution in [-0.4, -0.2) is 32.3 Å². The summed E-state index contributed by atoms with van der Waals surface area (Å²) >= 11 is 0. The molecule has 3 aromatic rings. The van der Waals surface area contributed by atoms with Crippen molar-refractivity contribution in [2.45, 2.75) is 19.1 Å². The molecule has 1 aliphatic rings. The lowest BCUT2D eigenvalue weighted by Crippen LogP contribution is -2.44. The van der Waals surface area contributed by atoms with Gasteiger partial charge in [0.1, 0.15) is 5.82 Å². The van der Waals surface area contributed by atoms with Crippen molar-refractivity contribution < 1.29 is 28.2 Å². The first-order chi connectivity index (χ1) is 13.8. The van der Waals surface area contributed by atoms with Crippen molar-refractivity contribution in [3.8, 4) is 0 Å². The molecule has 0 saturated heterocycles. The second-order valence-electron chi connectivity index (χ2n) is 6.68. The summed E-state index contributed by atoms with van der Waals surface area (Å²) < 4.78 is 26.3. The molecule has 29 heavy (non-hydrogen) atoms. The molecule has 4 rings (SSSR count). The normalized spacial score (nSPS) is 15.8. The van der Waals surface area contributed by atoms with Crippen molar-refractivity contribution in [1.82, 2.24) is 14.5 Å². The monoisotopic (exact) mass is 397 g/mol. The summed E-state index contributed by atoms with van der Waals surface area (Å²) in [6.45, 7) is 1.72. The maximum absolute atomic E-state index is 14.0. The Morgan fingerprint density at radius 1 is 1.24 bits per heavy atom. The fourth-order valence-corrected chi connectivity index (χ4v) is 3.34. The Hall–Kier alpha value is -3.75. The highest BCUT2D eigenvalue weighted by molar-refractivity contribution is 6.02. The topological polar surface area (TPSA) is 103 Å². The van der Waals surface area contributed by atoms with Gasteiger partial charge >= 0.3 is 17.7 Å². The fraction of sp³-hybridized carbons (Fsp3) is 0.200. The van der Waals surface area contributed by atoms with Crippen molar-refractivity contribution in [2.24, 2.45) is 7.05 Å². The number of imidazole rings is 1. The molecule has 1 aromatic carbocycles. The number of cyclic esters (lactones) is 2. The molecule has 0 aliphatic carbocycles. The molecular weight excluding hydrogens is 381 g/mol. The Morgan fingerprint density at radius 2 is 1.93 bits per heavy atom. The average Bonchev–Trinajstić information content (AvgIpc) is 3.17. The first kappa shape index (κ1) is 18.6. The second kappa shape index (κ2) is 6.69. The number of aryl methyl sites for hydroxylation is 2. The molecule has 1 aliphatic heterocycles. The van der Waals surface area contributed by atoms with Crippen LogP contribution >= 0.6 is 0 Å².